The zero-order chi connectivity index (χ0) is 19.2. The molecule has 6 heteroatoms. The molecule has 0 aliphatic heterocycles. The lowest BCUT2D eigenvalue weighted by molar-refractivity contribution is -0.115. The molecule has 3 rings (SSSR count). The summed E-state index contributed by atoms with van der Waals surface area (Å²) in [5.74, 6) is 0.507. The van der Waals surface area contributed by atoms with Gasteiger partial charge in [-0.05, 0) is 61.9 Å². The zero-order valence-corrected chi connectivity index (χ0v) is 16.9. The van der Waals surface area contributed by atoms with Crippen LogP contribution in [-0.2, 0) is 17.6 Å². The lowest BCUT2D eigenvalue weighted by atomic mass is 10.1. The van der Waals surface area contributed by atoms with Crippen LogP contribution in [-0.4, -0.2) is 16.6 Å². The number of aromatic nitrogens is 1. The smallest absolute Gasteiger partial charge is 0.225 e. The summed E-state index contributed by atoms with van der Waals surface area (Å²) in [6.45, 7) is 1.93. The number of carbonyl (C=O) groups is 1. The van der Waals surface area contributed by atoms with Crippen molar-refractivity contribution in [3.8, 4) is 6.07 Å². The summed E-state index contributed by atoms with van der Waals surface area (Å²) in [5, 5.41) is 13.7. The van der Waals surface area contributed by atoms with Gasteiger partial charge < -0.3 is 5.32 Å². The molecule has 0 bridgehead atoms. The van der Waals surface area contributed by atoms with Crippen molar-refractivity contribution in [1.82, 2.24) is 4.98 Å². The summed E-state index contributed by atoms with van der Waals surface area (Å²) in [5.41, 5.74) is 4.65. The topological polar surface area (TPSA) is 65.8 Å². The number of nitriles is 1. The van der Waals surface area contributed by atoms with E-state index >= 15 is 0 Å². The molecule has 1 aliphatic rings. The van der Waals surface area contributed by atoms with Crippen LogP contribution in [0.4, 0.5) is 5.69 Å². The van der Waals surface area contributed by atoms with Gasteiger partial charge in [-0.15, -0.1) is 11.8 Å². The van der Waals surface area contributed by atoms with Crippen molar-refractivity contribution in [3.63, 3.8) is 0 Å². The molecule has 1 aliphatic carbocycles. The Hall–Kier alpha value is -2.03. The number of anilines is 1. The minimum atomic E-state index is -0.0684. The number of fused-ring (bicyclic) bond motifs is 1. The van der Waals surface area contributed by atoms with Crippen molar-refractivity contribution >= 4 is 35.0 Å². The number of amides is 1. The van der Waals surface area contributed by atoms with E-state index in [4.69, 9.17) is 16.6 Å². The maximum atomic E-state index is 12.2. The number of carbonyl (C=O) groups excluding carboxylic acids is 1. The third-order valence-corrected chi connectivity index (χ3v) is 5.91. The van der Waals surface area contributed by atoms with Gasteiger partial charge in [0.1, 0.15) is 11.1 Å². The summed E-state index contributed by atoms with van der Waals surface area (Å²) >= 11 is 7.47. The molecular weight excluding hydrogens is 378 g/mol. The van der Waals surface area contributed by atoms with E-state index in [0.717, 1.165) is 47.7 Å². The number of nitrogens with zero attached hydrogens (tertiary/aromatic N) is 2. The number of hydrogen-bond acceptors (Lipinski definition) is 4. The van der Waals surface area contributed by atoms with Gasteiger partial charge in [-0.2, -0.15) is 5.26 Å². The lowest BCUT2D eigenvalue weighted by Crippen LogP contribution is -2.13. The molecule has 0 atom stereocenters. The van der Waals surface area contributed by atoms with Crippen LogP contribution < -0.4 is 5.32 Å². The Bertz CT molecular complexity index is 892. The maximum Gasteiger partial charge on any atom is 0.225 e. The van der Waals surface area contributed by atoms with Crippen molar-refractivity contribution in [2.75, 3.05) is 11.1 Å². The number of pyridine rings is 1. The van der Waals surface area contributed by atoms with E-state index in [1.807, 2.05) is 19.1 Å². The zero-order valence-electron chi connectivity index (χ0n) is 15.3. The minimum Gasteiger partial charge on any atom is -0.326 e. The van der Waals surface area contributed by atoms with Gasteiger partial charge in [0.2, 0.25) is 5.91 Å². The Balaban J connectivity index is 1.61. The van der Waals surface area contributed by atoms with Crippen LogP contribution in [0.1, 0.15) is 48.1 Å². The molecule has 0 spiro atoms. The van der Waals surface area contributed by atoms with Gasteiger partial charge >= 0.3 is 0 Å². The Morgan fingerprint density at radius 3 is 2.93 bits per heavy atom. The van der Waals surface area contributed by atoms with Crippen molar-refractivity contribution in [2.24, 2.45) is 0 Å². The van der Waals surface area contributed by atoms with Gasteiger partial charge in [0.15, 0.2) is 0 Å². The molecule has 0 unspecified atom stereocenters. The van der Waals surface area contributed by atoms with Gasteiger partial charge in [0.05, 0.1) is 5.56 Å². The fraction of sp³-hybridized carbons (Fsp3) is 0.381. The average Bonchev–Trinajstić information content (AvgIpc) is 2.88. The second-order valence-corrected chi connectivity index (χ2v) is 8.25. The van der Waals surface area contributed by atoms with E-state index in [9.17, 15) is 10.1 Å². The normalized spacial score (nSPS) is 13.4. The molecule has 4 nitrogen and oxygen atoms in total. The summed E-state index contributed by atoms with van der Waals surface area (Å²) in [6, 6.07) is 9.69. The van der Waals surface area contributed by atoms with Crippen LogP contribution in [0.3, 0.4) is 0 Å². The van der Waals surface area contributed by atoms with Crippen LogP contribution in [0.5, 0.6) is 0 Å². The summed E-state index contributed by atoms with van der Waals surface area (Å²) in [4.78, 5) is 17.0. The third kappa shape index (κ3) is 5.24. The first-order valence-corrected chi connectivity index (χ1v) is 10.5. The van der Waals surface area contributed by atoms with Crippen molar-refractivity contribution in [3.05, 3.63) is 51.7 Å². The number of hydrogen-bond donors (Lipinski definition) is 1. The molecule has 0 saturated heterocycles. The monoisotopic (exact) mass is 399 g/mol. The molecule has 140 valence electrons. The highest BCUT2D eigenvalue weighted by molar-refractivity contribution is 7.99. The van der Waals surface area contributed by atoms with E-state index in [1.54, 1.807) is 12.1 Å². The molecule has 1 N–H and O–H groups in total. The third-order valence-electron chi connectivity index (χ3n) is 4.68. The molecule has 1 heterocycles. The molecule has 1 amide bonds. The van der Waals surface area contributed by atoms with Crippen molar-refractivity contribution in [1.29, 1.82) is 5.26 Å². The van der Waals surface area contributed by atoms with Gasteiger partial charge in [-0.25, -0.2) is 4.98 Å². The van der Waals surface area contributed by atoms with Crippen LogP contribution in [0.15, 0.2) is 29.3 Å². The van der Waals surface area contributed by atoms with Gasteiger partial charge in [0, 0.05) is 28.6 Å². The number of aryl methyl sites for hydroxylation is 3. The molecule has 2 aromatic rings. The van der Waals surface area contributed by atoms with E-state index in [1.165, 1.54) is 23.7 Å². The number of nitrogens with one attached hydrogen (secondary N) is 1. The number of benzene rings is 1. The summed E-state index contributed by atoms with van der Waals surface area (Å²) in [7, 11) is 0. The maximum absolute atomic E-state index is 12.2. The molecule has 0 radical (unpaired) electrons. The summed E-state index contributed by atoms with van der Waals surface area (Å²) < 4.78 is 0. The van der Waals surface area contributed by atoms with Gasteiger partial charge in [-0.1, -0.05) is 24.1 Å². The van der Waals surface area contributed by atoms with Crippen LogP contribution in [0, 0.1) is 18.3 Å². The molecule has 1 aromatic carbocycles. The Labute approximate surface area is 169 Å². The standard InChI is InChI=1S/C21H22ClN3OS/c1-14-7-8-17(22)12-19(14)24-20(26)9-10-27-21-16(13-23)11-15-5-3-2-4-6-18(15)25-21/h7-8,11-12H,2-6,9-10H2,1H3,(H,24,26). The van der Waals surface area contributed by atoms with Crippen LogP contribution in [0.2, 0.25) is 5.02 Å². The fourth-order valence-electron chi connectivity index (χ4n) is 3.16. The number of thioether (sulfide) groups is 1. The predicted molar refractivity (Wildman–Crippen MR) is 110 cm³/mol. The van der Waals surface area contributed by atoms with Crippen LogP contribution >= 0.6 is 23.4 Å². The SMILES string of the molecule is Cc1ccc(Cl)cc1NC(=O)CCSc1nc2c(cc1C#N)CCCCC2. The number of halogens is 1. The largest absolute Gasteiger partial charge is 0.326 e. The molecular formula is C21H22ClN3OS. The highest BCUT2D eigenvalue weighted by atomic mass is 35.5. The predicted octanol–water partition coefficient (Wildman–Crippen LogP) is 5.30. The second kappa shape index (κ2) is 9.25. The second-order valence-electron chi connectivity index (χ2n) is 6.73. The number of rotatable bonds is 5. The van der Waals surface area contributed by atoms with E-state index in [-0.39, 0.29) is 5.91 Å². The lowest BCUT2D eigenvalue weighted by Gasteiger charge is -2.11. The van der Waals surface area contributed by atoms with E-state index in [0.29, 0.717) is 22.8 Å². The first-order chi connectivity index (χ1) is 13.1. The van der Waals surface area contributed by atoms with Crippen molar-refractivity contribution < 1.29 is 4.79 Å². The summed E-state index contributed by atoms with van der Waals surface area (Å²) in [6.07, 6.45) is 5.85. The quantitative estimate of drug-likeness (QED) is 0.546. The minimum absolute atomic E-state index is 0.0684. The Morgan fingerprint density at radius 2 is 2.11 bits per heavy atom. The highest BCUT2D eigenvalue weighted by Gasteiger charge is 2.15. The Kier molecular flexibility index (Phi) is 6.76. The van der Waals surface area contributed by atoms with Crippen molar-refractivity contribution in [2.45, 2.75) is 50.5 Å². The van der Waals surface area contributed by atoms with Gasteiger partial charge in [-0.3, -0.25) is 4.79 Å². The fourth-order valence-corrected chi connectivity index (χ4v) is 4.25. The van der Waals surface area contributed by atoms with E-state index < -0.39 is 0 Å². The molecule has 0 fully saturated rings. The molecule has 0 saturated carbocycles. The van der Waals surface area contributed by atoms with Gasteiger partial charge in [0.25, 0.3) is 0 Å². The molecule has 1 aromatic heterocycles. The van der Waals surface area contributed by atoms with Crippen LogP contribution in [0.25, 0.3) is 0 Å². The highest BCUT2D eigenvalue weighted by Crippen LogP contribution is 2.27. The molecule has 27 heavy (non-hydrogen) atoms. The first kappa shape index (κ1) is 19.7. The van der Waals surface area contributed by atoms with E-state index in [2.05, 4.69) is 11.4 Å². The first-order valence-electron chi connectivity index (χ1n) is 9.18. The Morgan fingerprint density at radius 1 is 1.30 bits per heavy atom. The average molecular weight is 400 g/mol.